The Balaban J connectivity index is 3.21. The maximum atomic E-state index is 12.9. The van der Waals surface area contributed by atoms with Crippen LogP contribution < -0.4 is 0 Å². The van der Waals surface area contributed by atoms with Gasteiger partial charge in [0.05, 0.1) is 0 Å². The Bertz CT molecular complexity index is 242. The Morgan fingerprint density at radius 2 is 2.00 bits per heavy atom. The molecule has 1 rings (SSSR count). The van der Waals surface area contributed by atoms with Gasteiger partial charge in [-0.15, -0.1) is 0 Å². The van der Waals surface area contributed by atoms with Gasteiger partial charge in [0.15, 0.2) is 0 Å². The van der Waals surface area contributed by atoms with Crippen molar-refractivity contribution in [2.45, 2.75) is 4.84 Å². The average molecular weight is 258 g/mol. The Morgan fingerprint density at radius 3 is 2.36 bits per heavy atom. The Labute approximate surface area is 82.4 Å². The highest BCUT2D eigenvalue weighted by atomic mass is 79.9. The maximum absolute atomic E-state index is 12.9. The molecule has 0 nitrogen and oxygen atoms in total. The first-order valence-corrected chi connectivity index (χ1v) is 4.51. The summed E-state index contributed by atoms with van der Waals surface area (Å²) in [6.07, 6.45) is 0. The second-order valence-corrected chi connectivity index (χ2v) is 3.89. The first-order valence-electron chi connectivity index (χ1n) is 2.85. The minimum atomic E-state index is -0.828. The molecule has 0 heterocycles. The molecule has 0 aromatic heterocycles. The van der Waals surface area contributed by atoms with E-state index in [0.717, 1.165) is 0 Å². The van der Waals surface area contributed by atoms with Crippen LogP contribution in [0.25, 0.3) is 0 Å². The number of alkyl halides is 2. The molecule has 0 N–H and O–H groups in total. The topological polar surface area (TPSA) is 0 Å². The molecule has 0 aliphatic rings. The van der Waals surface area contributed by atoms with E-state index in [2.05, 4.69) is 15.9 Å². The molecule has 0 spiro atoms. The maximum Gasteiger partial charge on any atom is 0.136 e. The first-order chi connectivity index (χ1) is 5.13. The highest BCUT2D eigenvalue weighted by Gasteiger charge is 2.12. The number of hydrogen-bond acceptors (Lipinski definition) is 0. The molecule has 0 saturated carbocycles. The van der Waals surface area contributed by atoms with Crippen LogP contribution in [-0.4, -0.2) is 0 Å². The smallest absolute Gasteiger partial charge is 0.136 e. The van der Waals surface area contributed by atoms with Gasteiger partial charge in [-0.05, 0) is 12.1 Å². The fraction of sp³-hybridized carbons (Fsp3) is 0.143. The summed E-state index contributed by atoms with van der Waals surface area (Å²) in [6.45, 7) is 0. The zero-order valence-electron chi connectivity index (χ0n) is 5.32. The van der Waals surface area contributed by atoms with Gasteiger partial charge in [-0.25, -0.2) is 4.39 Å². The van der Waals surface area contributed by atoms with Crippen molar-refractivity contribution in [3.05, 3.63) is 34.1 Å². The van der Waals surface area contributed by atoms with E-state index in [4.69, 9.17) is 23.2 Å². The van der Waals surface area contributed by atoms with Crippen LogP contribution in [0.15, 0.2) is 22.7 Å². The molecule has 1 aromatic carbocycles. The van der Waals surface area contributed by atoms with Crippen LogP contribution in [0, 0.1) is 5.82 Å². The summed E-state index contributed by atoms with van der Waals surface area (Å²) in [4.78, 5) is -0.828. The summed E-state index contributed by atoms with van der Waals surface area (Å²) in [6, 6.07) is 4.59. The molecule has 0 radical (unpaired) electrons. The van der Waals surface area contributed by atoms with E-state index in [-0.39, 0.29) is 5.56 Å². The molecule has 60 valence electrons. The lowest BCUT2D eigenvalue weighted by Gasteiger charge is -2.04. The Hall–Kier alpha value is 0.210. The Kier molecular flexibility index (Phi) is 3.16. The van der Waals surface area contributed by atoms with Crippen LogP contribution in [0.5, 0.6) is 0 Å². The zero-order valence-corrected chi connectivity index (χ0v) is 8.42. The van der Waals surface area contributed by atoms with E-state index in [1.165, 1.54) is 6.07 Å². The van der Waals surface area contributed by atoms with Gasteiger partial charge in [0, 0.05) is 10.0 Å². The second-order valence-electron chi connectivity index (χ2n) is 1.94. The monoisotopic (exact) mass is 256 g/mol. The summed E-state index contributed by atoms with van der Waals surface area (Å²) in [5.74, 6) is -0.394. The summed E-state index contributed by atoms with van der Waals surface area (Å²) in [5.41, 5.74) is 0.288. The molecule has 4 heteroatoms. The molecule has 0 aliphatic carbocycles. The molecule has 0 fully saturated rings. The van der Waals surface area contributed by atoms with Crippen molar-refractivity contribution in [2.75, 3.05) is 0 Å². The number of rotatable bonds is 1. The summed E-state index contributed by atoms with van der Waals surface area (Å²) in [5, 5.41) is 0. The minimum absolute atomic E-state index is 0.288. The van der Waals surface area contributed by atoms with E-state index >= 15 is 0 Å². The average Bonchev–Trinajstić information content (AvgIpc) is 1.85. The molecule has 0 saturated heterocycles. The highest BCUT2D eigenvalue weighted by Crippen LogP contribution is 2.32. The van der Waals surface area contributed by atoms with E-state index in [9.17, 15) is 4.39 Å². The van der Waals surface area contributed by atoms with Crippen molar-refractivity contribution in [1.82, 2.24) is 0 Å². The highest BCUT2D eigenvalue weighted by molar-refractivity contribution is 9.10. The fourth-order valence-electron chi connectivity index (χ4n) is 0.719. The van der Waals surface area contributed by atoms with Crippen molar-refractivity contribution >= 4 is 39.1 Å². The molecule has 0 bridgehead atoms. The van der Waals surface area contributed by atoms with Gasteiger partial charge >= 0.3 is 0 Å². The zero-order chi connectivity index (χ0) is 8.43. The van der Waals surface area contributed by atoms with Crippen LogP contribution in [0.4, 0.5) is 4.39 Å². The van der Waals surface area contributed by atoms with Crippen LogP contribution in [0.2, 0.25) is 0 Å². The number of benzene rings is 1. The van der Waals surface area contributed by atoms with Crippen molar-refractivity contribution in [3.63, 3.8) is 0 Å². The summed E-state index contributed by atoms with van der Waals surface area (Å²) < 4.78 is 13.5. The van der Waals surface area contributed by atoms with Crippen molar-refractivity contribution < 1.29 is 4.39 Å². The summed E-state index contributed by atoms with van der Waals surface area (Å²) in [7, 11) is 0. The third-order valence-electron chi connectivity index (χ3n) is 1.22. The Morgan fingerprint density at radius 1 is 1.36 bits per heavy atom. The normalized spacial score (nSPS) is 10.6. The molecular weight excluding hydrogens is 254 g/mol. The SMILES string of the molecule is Fc1cccc(Br)c1C(Cl)Cl. The quantitative estimate of drug-likeness (QED) is 0.666. The lowest BCUT2D eigenvalue weighted by Crippen LogP contribution is -1.89. The molecule has 0 atom stereocenters. The number of halogens is 4. The lowest BCUT2D eigenvalue weighted by atomic mass is 10.2. The minimum Gasteiger partial charge on any atom is -0.207 e. The van der Waals surface area contributed by atoms with Gasteiger partial charge in [0.2, 0.25) is 0 Å². The predicted octanol–water partition coefficient (Wildman–Crippen LogP) is 4.06. The van der Waals surface area contributed by atoms with Crippen LogP contribution >= 0.6 is 39.1 Å². The van der Waals surface area contributed by atoms with Gasteiger partial charge in [0.1, 0.15) is 10.7 Å². The van der Waals surface area contributed by atoms with Crippen molar-refractivity contribution in [1.29, 1.82) is 0 Å². The number of hydrogen-bond donors (Lipinski definition) is 0. The van der Waals surface area contributed by atoms with Crippen LogP contribution in [0.1, 0.15) is 10.4 Å². The molecule has 1 aromatic rings. The lowest BCUT2D eigenvalue weighted by molar-refractivity contribution is 0.614. The third kappa shape index (κ3) is 2.08. The van der Waals surface area contributed by atoms with Crippen molar-refractivity contribution in [2.24, 2.45) is 0 Å². The van der Waals surface area contributed by atoms with Gasteiger partial charge in [-0.1, -0.05) is 45.2 Å². The van der Waals surface area contributed by atoms with E-state index in [0.29, 0.717) is 4.47 Å². The molecular formula is C7H4BrCl2F. The van der Waals surface area contributed by atoms with Gasteiger partial charge in [0.25, 0.3) is 0 Å². The summed E-state index contributed by atoms with van der Waals surface area (Å²) >= 11 is 14.2. The van der Waals surface area contributed by atoms with Gasteiger partial charge < -0.3 is 0 Å². The first kappa shape index (κ1) is 9.30. The van der Waals surface area contributed by atoms with E-state index in [1.54, 1.807) is 12.1 Å². The standard InChI is InChI=1S/C7H4BrCl2F/c8-4-2-1-3-5(11)6(4)7(9)10/h1-3,7H. The van der Waals surface area contributed by atoms with Gasteiger partial charge in [-0.2, -0.15) is 0 Å². The fourth-order valence-corrected chi connectivity index (χ4v) is 2.00. The second kappa shape index (κ2) is 3.74. The predicted molar refractivity (Wildman–Crippen MR) is 48.5 cm³/mol. The molecule has 0 aliphatic heterocycles. The molecule has 0 unspecified atom stereocenters. The molecule has 11 heavy (non-hydrogen) atoms. The van der Waals surface area contributed by atoms with E-state index in [1.807, 2.05) is 0 Å². The van der Waals surface area contributed by atoms with E-state index < -0.39 is 10.7 Å². The third-order valence-corrected chi connectivity index (χ3v) is 2.35. The van der Waals surface area contributed by atoms with Crippen molar-refractivity contribution in [3.8, 4) is 0 Å². The molecule has 0 amide bonds. The van der Waals surface area contributed by atoms with Gasteiger partial charge in [-0.3, -0.25) is 0 Å². The largest absolute Gasteiger partial charge is 0.207 e. The van der Waals surface area contributed by atoms with Crippen LogP contribution in [-0.2, 0) is 0 Å². The van der Waals surface area contributed by atoms with Crippen LogP contribution in [0.3, 0.4) is 0 Å².